The molecular formula is C15H21Br2N. The Bertz CT molecular complexity index is 429. The fraction of sp³-hybridized carbons (Fsp3) is 0.600. The molecule has 1 aliphatic carbocycles. The van der Waals surface area contributed by atoms with Gasteiger partial charge in [-0.2, -0.15) is 0 Å². The van der Waals surface area contributed by atoms with Crippen molar-refractivity contribution in [3.63, 3.8) is 0 Å². The Morgan fingerprint density at radius 3 is 2.61 bits per heavy atom. The molecule has 1 aliphatic rings. The molecule has 100 valence electrons. The van der Waals surface area contributed by atoms with Crippen LogP contribution in [0.4, 0.5) is 0 Å². The van der Waals surface area contributed by atoms with Gasteiger partial charge in [-0.3, -0.25) is 0 Å². The molecule has 0 aromatic heterocycles. The van der Waals surface area contributed by atoms with Crippen LogP contribution in [0, 0.1) is 11.3 Å². The van der Waals surface area contributed by atoms with Crippen molar-refractivity contribution in [2.75, 3.05) is 7.05 Å². The quantitative estimate of drug-likeness (QED) is 0.756. The minimum atomic E-state index is 0.425. The second kappa shape index (κ2) is 5.64. The van der Waals surface area contributed by atoms with Gasteiger partial charge in [0.25, 0.3) is 0 Å². The van der Waals surface area contributed by atoms with Crippen molar-refractivity contribution < 1.29 is 0 Å². The van der Waals surface area contributed by atoms with Crippen molar-refractivity contribution in [3.8, 4) is 0 Å². The van der Waals surface area contributed by atoms with Gasteiger partial charge >= 0.3 is 0 Å². The van der Waals surface area contributed by atoms with E-state index in [-0.39, 0.29) is 0 Å². The van der Waals surface area contributed by atoms with Crippen molar-refractivity contribution in [1.82, 2.24) is 5.32 Å². The molecule has 0 spiro atoms. The van der Waals surface area contributed by atoms with Gasteiger partial charge in [0, 0.05) is 15.0 Å². The van der Waals surface area contributed by atoms with E-state index in [1.54, 1.807) is 0 Å². The van der Waals surface area contributed by atoms with E-state index in [9.17, 15) is 0 Å². The zero-order chi connectivity index (χ0) is 13.3. The Morgan fingerprint density at radius 1 is 1.33 bits per heavy atom. The van der Waals surface area contributed by atoms with E-state index in [4.69, 9.17) is 0 Å². The maximum atomic E-state index is 3.70. The first-order valence-corrected chi connectivity index (χ1v) is 8.16. The second-order valence-corrected chi connectivity index (χ2v) is 7.69. The predicted octanol–water partition coefficient (Wildman–Crippen LogP) is 5.30. The first kappa shape index (κ1) is 14.5. The number of benzene rings is 1. The van der Waals surface area contributed by atoms with Gasteiger partial charge < -0.3 is 5.32 Å². The highest BCUT2D eigenvalue weighted by Crippen LogP contribution is 2.49. The minimum Gasteiger partial charge on any atom is -0.313 e. The molecule has 0 amide bonds. The first-order valence-electron chi connectivity index (χ1n) is 6.58. The van der Waals surface area contributed by atoms with Crippen LogP contribution in [-0.2, 0) is 0 Å². The van der Waals surface area contributed by atoms with Gasteiger partial charge in [0.15, 0.2) is 0 Å². The number of hydrogen-bond acceptors (Lipinski definition) is 1. The third-order valence-electron chi connectivity index (χ3n) is 4.35. The predicted molar refractivity (Wildman–Crippen MR) is 84.8 cm³/mol. The highest BCUT2D eigenvalue weighted by Gasteiger charge is 2.40. The number of hydrogen-bond donors (Lipinski definition) is 1. The molecule has 1 aromatic carbocycles. The fourth-order valence-electron chi connectivity index (χ4n) is 3.30. The van der Waals surface area contributed by atoms with Crippen molar-refractivity contribution in [1.29, 1.82) is 0 Å². The molecule has 1 nitrogen and oxygen atoms in total. The molecule has 1 saturated carbocycles. The molecule has 0 radical (unpaired) electrons. The summed E-state index contributed by atoms with van der Waals surface area (Å²) in [5.74, 6) is 0.702. The van der Waals surface area contributed by atoms with Crippen LogP contribution in [0.1, 0.15) is 44.7 Å². The van der Waals surface area contributed by atoms with E-state index in [2.05, 4.69) is 76.3 Å². The van der Waals surface area contributed by atoms with Crippen LogP contribution in [0.25, 0.3) is 0 Å². The average molecular weight is 375 g/mol. The SMILES string of the molecule is CNC(c1cc(Br)ccc1Br)C1CCCC1(C)C. The highest BCUT2D eigenvalue weighted by molar-refractivity contribution is 9.11. The molecule has 3 heteroatoms. The summed E-state index contributed by atoms with van der Waals surface area (Å²) >= 11 is 7.28. The third kappa shape index (κ3) is 2.83. The molecule has 2 unspecified atom stereocenters. The van der Waals surface area contributed by atoms with E-state index in [1.165, 1.54) is 29.3 Å². The summed E-state index contributed by atoms with van der Waals surface area (Å²) in [5, 5.41) is 3.53. The van der Waals surface area contributed by atoms with E-state index in [0.717, 1.165) is 4.47 Å². The van der Waals surface area contributed by atoms with Crippen LogP contribution in [0.2, 0.25) is 0 Å². The van der Waals surface area contributed by atoms with Crippen LogP contribution in [0.3, 0.4) is 0 Å². The molecule has 1 aromatic rings. The summed E-state index contributed by atoms with van der Waals surface area (Å²) in [4.78, 5) is 0. The smallest absolute Gasteiger partial charge is 0.0362 e. The minimum absolute atomic E-state index is 0.425. The Balaban J connectivity index is 2.36. The Labute approximate surface area is 127 Å². The fourth-order valence-corrected chi connectivity index (χ4v) is 4.17. The molecule has 1 fully saturated rings. The Morgan fingerprint density at radius 2 is 2.06 bits per heavy atom. The van der Waals surface area contributed by atoms with Crippen molar-refractivity contribution in [2.24, 2.45) is 11.3 Å². The number of rotatable bonds is 3. The largest absolute Gasteiger partial charge is 0.313 e. The maximum absolute atomic E-state index is 3.70. The lowest BCUT2D eigenvalue weighted by Crippen LogP contribution is -2.32. The van der Waals surface area contributed by atoms with Gasteiger partial charge in [-0.05, 0) is 55.0 Å². The van der Waals surface area contributed by atoms with Crippen LogP contribution >= 0.6 is 31.9 Å². The van der Waals surface area contributed by atoms with Gasteiger partial charge in [-0.25, -0.2) is 0 Å². The average Bonchev–Trinajstić information content (AvgIpc) is 2.65. The molecule has 18 heavy (non-hydrogen) atoms. The monoisotopic (exact) mass is 373 g/mol. The van der Waals surface area contributed by atoms with E-state index in [1.807, 2.05) is 0 Å². The summed E-state index contributed by atoms with van der Waals surface area (Å²) in [5.41, 5.74) is 1.79. The molecule has 0 aliphatic heterocycles. The molecule has 2 rings (SSSR count). The van der Waals surface area contributed by atoms with Crippen molar-refractivity contribution in [3.05, 3.63) is 32.7 Å². The number of halogens is 2. The maximum Gasteiger partial charge on any atom is 0.0362 e. The van der Waals surface area contributed by atoms with Crippen molar-refractivity contribution in [2.45, 2.75) is 39.2 Å². The van der Waals surface area contributed by atoms with Gasteiger partial charge in [-0.15, -0.1) is 0 Å². The third-order valence-corrected chi connectivity index (χ3v) is 5.56. The summed E-state index contributed by atoms with van der Waals surface area (Å²) in [7, 11) is 2.08. The van der Waals surface area contributed by atoms with Gasteiger partial charge in [0.05, 0.1) is 0 Å². The van der Waals surface area contributed by atoms with E-state index >= 15 is 0 Å². The van der Waals surface area contributed by atoms with Crippen LogP contribution in [-0.4, -0.2) is 7.05 Å². The summed E-state index contributed by atoms with van der Waals surface area (Å²) in [6, 6.07) is 6.88. The van der Waals surface area contributed by atoms with Crippen LogP contribution in [0.15, 0.2) is 27.1 Å². The molecule has 1 N–H and O–H groups in total. The summed E-state index contributed by atoms with van der Waals surface area (Å²) < 4.78 is 2.35. The Hall–Kier alpha value is 0.140. The van der Waals surface area contributed by atoms with Crippen molar-refractivity contribution >= 4 is 31.9 Å². The first-order chi connectivity index (χ1) is 8.45. The summed E-state index contributed by atoms with van der Waals surface area (Å²) in [6.07, 6.45) is 4.00. The lowest BCUT2D eigenvalue weighted by Gasteiger charge is -2.35. The normalized spacial score (nSPS) is 24.2. The van der Waals surface area contributed by atoms with Crippen LogP contribution in [0.5, 0.6) is 0 Å². The standard InChI is InChI=1S/C15H21Br2N/c1-15(2)8-4-5-12(15)14(18-3)11-9-10(16)6-7-13(11)17/h6-7,9,12,14,18H,4-5,8H2,1-3H3. The van der Waals surface area contributed by atoms with Gasteiger partial charge in [0.1, 0.15) is 0 Å². The molecule has 0 saturated heterocycles. The van der Waals surface area contributed by atoms with Crippen LogP contribution < -0.4 is 5.32 Å². The zero-order valence-corrected chi connectivity index (χ0v) is 14.4. The van der Waals surface area contributed by atoms with E-state index < -0.39 is 0 Å². The van der Waals surface area contributed by atoms with Gasteiger partial charge in [-0.1, -0.05) is 52.1 Å². The molecule has 0 bridgehead atoms. The van der Waals surface area contributed by atoms with E-state index in [0.29, 0.717) is 17.4 Å². The highest BCUT2D eigenvalue weighted by atomic mass is 79.9. The summed E-state index contributed by atoms with van der Waals surface area (Å²) in [6.45, 7) is 4.81. The Kier molecular flexibility index (Phi) is 4.56. The lowest BCUT2D eigenvalue weighted by atomic mass is 9.75. The van der Waals surface area contributed by atoms with Gasteiger partial charge in [0.2, 0.25) is 0 Å². The zero-order valence-electron chi connectivity index (χ0n) is 11.3. The number of nitrogens with one attached hydrogen (secondary N) is 1. The topological polar surface area (TPSA) is 12.0 Å². The molecule has 2 atom stereocenters. The molecular weight excluding hydrogens is 354 g/mol. The molecule has 0 heterocycles. The second-order valence-electron chi connectivity index (χ2n) is 5.92. The lowest BCUT2D eigenvalue weighted by molar-refractivity contribution is 0.203.